The van der Waals surface area contributed by atoms with Crippen LogP contribution in [0, 0.1) is 11.8 Å². The summed E-state index contributed by atoms with van der Waals surface area (Å²) < 4.78 is 13.2. The highest BCUT2D eigenvalue weighted by Crippen LogP contribution is 2.46. The van der Waals surface area contributed by atoms with Crippen molar-refractivity contribution in [3.05, 3.63) is 0 Å². The van der Waals surface area contributed by atoms with E-state index in [1.165, 1.54) is 0 Å². The predicted octanol–water partition coefficient (Wildman–Crippen LogP) is 4.03. The molecule has 0 aromatic carbocycles. The van der Waals surface area contributed by atoms with Crippen molar-refractivity contribution in [1.82, 2.24) is 10.6 Å². The molecule has 0 heterocycles. The molecule has 0 aromatic rings. The van der Waals surface area contributed by atoms with Crippen LogP contribution in [-0.2, 0) is 14.2 Å². The second-order valence-corrected chi connectivity index (χ2v) is 11.6. The fourth-order valence-electron chi connectivity index (χ4n) is 2.57. The van der Waals surface area contributed by atoms with Crippen LogP contribution in [0.4, 0.5) is 4.79 Å². The van der Waals surface area contributed by atoms with E-state index in [-0.39, 0.29) is 66.9 Å². The molecule has 2 N–H and O–H groups in total. The number of nitrogens with one attached hydrogen (secondary N) is 2. The normalized spacial score (nSPS) is 11.9. The third kappa shape index (κ3) is 13.1. The predicted molar refractivity (Wildman–Crippen MR) is 107 cm³/mol. The van der Waals surface area contributed by atoms with Gasteiger partial charge in [-0.2, -0.15) is 0 Å². The molecule has 2 amide bonds. The Bertz CT molecular complexity index is 444. The maximum absolute atomic E-state index is 13.2. The van der Waals surface area contributed by atoms with Gasteiger partial charge in [0.15, 0.2) is 0 Å². The number of amides is 2. The number of Topliss-reactive ketones (excluding diaryl/α,β-unsaturated/α-hetero) is 2. The molecule has 0 aliphatic heterocycles. The zero-order chi connectivity index (χ0) is 20.3. The Balaban J connectivity index is 4.78. The van der Waals surface area contributed by atoms with Crippen molar-refractivity contribution in [3.63, 3.8) is 0 Å². The van der Waals surface area contributed by atoms with Crippen LogP contribution >= 0.6 is 7.14 Å². The monoisotopic (exact) mass is 388 g/mol. The minimum Gasteiger partial charge on any atom is -0.336 e. The number of hydrogen-bond donors (Lipinski definition) is 2. The Labute approximate surface area is 158 Å². The van der Waals surface area contributed by atoms with Crippen molar-refractivity contribution in [2.45, 2.75) is 73.3 Å². The average Bonchev–Trinajstić information content (AvgIpc) is 2.47. The lowest BCUT2D eigenvalue weighted by Crippen LogP contribution is -2.40. The van der Waals surface area contributed by atoms with Gasteiger partial charge >= 0.3 is 6.03 Å². The lowest BCUT2D eigenvalue weighted by molar-refractivity contribution is -0.120. The fraction of sp³-hybridized carbons (Fsp3) is 0.842. The zero-order valence-electron chi connectivity index (χ0n) is 17.3. The van der Waals surface area contributed by atoms with Gasteiger partial charge in [0.05, 0.1) is 6.29 Å². The largest absolute Gasteiger partial charge is 0.336 e. The first kappa shape index (κ1) is 24.8. The van der Waals surface area contributed by atoms with Crippen molar-refractivity contribution in [2.24, 2.45) is 11.8 Å². The molecular weight excluding hydrogens is 351 g/mol. The first-order valence-electron chi connectivity index (χ1n) is 9.58. The van der Waals surface area contributed by atoms with E-state index in [2.05, 4.69) is 10.6 Å². The molecule has 6 nitrogen and oxygen atoms in total. The van der Waals surface area contributed by atoms with Gasteiger partial charge in [0.2, 0.25) is 0 Å². The highest BCUT2D eigenvalue weighted by molar-refractivity contribution is 7.63. The van der Waals surface area contributed by atoms with Crippen molar-refractivity contribution in [2.75, 3.05) is 18.6 Å². The quantitative estimate of drug-likeness (QED) is 0.466. The van der Waals surface area contributed by atoms with Crippen molar-refractivity contribution in [3.8, 4) is 0 Å². The number of carbonyl (C=O) groups excluding carboxylic acids is 3. The van der Waals surface area contributed by atoms with Gasteiger partial charge in [0, 0.05) is 44.0 Å². The van der Waals surface area contributed by atoms with Crippen LogP contribution in [0.3, 0.4) is 0 Å². The van der Waals surface area contributed by atoms with Crippen molar-refractivity contribution < 1.29 is 18.9 Å². The maximum Gasteiger partial charge on any atom is 0.315 e. The van der Waals surface area contributed by atoms with Gasteiger partial charge in [-0.25, -0.2) is 4.79 Å². The molecule has 0 atom stereocenters. The summed E-state index contributed by atoms with van der Waals surface area (Å²) in [6.45, 7) is 11.6. The molecule has 0 bridgehead atoms. The summed E-state index contributed by atoms with van der Waals surface area (Å²) in [7, 11) is -2.82. The number of urea groups is 1. The first-order chi connectivity index (χ1) is 11.9. The Morgan fingerprint density at radius 1 is 0.808 bits per heavy atom. The Kier molecular flexibility index (Phi) is 11.7. The van der Waals surface area contributed by atoms with E-state index in [0.717, 1.165) is 0 Å². The maximum atomic E-state index is 13.2. The molecule has 0 spiro atoms. The summed E-state index contributed by atoms with van der Waals surface area (Å²) >= 11 is 0. The molecule has 0 saturated carbocycles. The summed E-state index contributed by atoms with van der Waals surface area (Å²) in [6.07, 6.45) is 1.92. The van der Waals surface area contributed by atoms with Crippen LogP contribution in [0.25, 0.3) is 0 Å². The Hall–Kier alpha value is -1.16. The minimum absolute atomic E-state index is 0.0189. The average molecular weight is 388 g/mol. The van der Waals surface area contributed by atoms with Crippen LogP contribution in [0.5, 0.6) is 0 Å². The third-order valence-electron chi connectivity index (χ3n) is 3.82. The number of hydrogen-bond acceptors (Lipinski definition) is 4. The molecule has 0 fully saturated rings. The third-order valence-corrected chi connectivity index (χ3v) is 6.63. The van der Waals surface area contributed by atoms with Gasteiger partial charge in [0.25, 0.3) is 0 Å². The van der Waals surface area contributed by atoms with Gasteiger partial charge < -0.3 is 15.2 Å². The molecule has 0 rings (SSSR count). The van der Waals surface area contributed by atoms with Crippen LogP contribution in [0.15, 0.2) is 0 Å². The molecule has 26 heavy (non-hydrogen) atoms. The van der Waals surface area contributed by atoms with Gasteiger partial charge in [-0.3, -0.25) is 9.59 Å². The van der Waals surface area contributed by atoms with Gasteiger partial charge in [-0.1, -0.05) is 27.7 Å². The summed E-state index contributed by atoms with van der Waals surface area (Å²) in [5, 5.41) is 5.34. The van der Waals surface area contributed by atoms with Gasteiger partial charge in [0.1, 0.15) is 18.7 Å². The summed E-state index contributed by atoms with van der Waals surface area (Å²) in [5.74, 6) is 0.703. The Morgan fingerprint density at radius 2 is 1.23 bits per heavy atom. The van der Waals surface area contributed by atoms with E-state index in [9.17, 15) is 18.9 Å². The SMILES string of the molecule is CC(C)CC(=O)CCP(=O)(CCC(=O)CC(C)C)CNC(=O)NC(C)C. The lowest BCUT2D eigenvalue weighted by atomic mass is 10.1. The van der Waals surface area contributed by atoms with E-state index in [4.69, 9.17) is 0 Å². The van der Waals surface area contributed by atoms with Crippen LogP contribution < -0.4 is 10.6 Å². The number of rotatable bonds is 13. The van der Waals surface area contributed by atoms with Crippen molar-refractivity contribution >= 4 is 24.7 Å². The first-order valence-corrected chi connectivity index (χ1v) is 11.8. The molecule has 0 saturated heterocycles. The molecule has 152 valence electrons. The van der Waals surface area contributed by atoms with Crippen LogP contribution in [-0.4, -0.2) is 42.2 Å². The second-order valence-electron chi connectivity index (χ2n) is 8.24. The fourth-order valence-corrected chi connectivity index (χ4v) is 4.86. The molecule has 0 aromatic heterocycles. The van der Waals surface area contributed by atoms with E-state index < -0.39 is 7.14 Å². The van der Waals surface area contributed by atoms with E-state index in [1.807, 2.05) is 41.5 Å². The van der Waals surface area contributed by atoms with E-state index in [0.29, 0.717) is 12.8 Å². The lowest BCUT2D eigenvalue weighted by Gasteiger charge is -2.20. The molecule has 7 heteroatoms. The topological polar surface area (TPSA) is 92.3 Å². The number of ketones is 2. The standard InChI is InChI=1S/C19H37N2O4P/c1-14(2)11-17(22)7-9-26(25,10-8-18(23)12-15(3)4)13-20-19(24)21-16(5)6/h14-16H,7-13H2,1-6H3,(H2,20,21,24). The molecule has 0 radical (unpaired) electrons. The highest BCUT2D eigenvalue weighted by atomic mass is 31.2. The molecule has 0 aliphatic rings. The van der Waals surface area contributed by atoms with Crippen LogP contribution in [0.1, 0.15) is 67.2 Å². The smallest absolute Gasteiger partial charge is 0.315 e. The Morgan fingerprint density at radius 3 is 1.58 bits per heavy atom. The highest BCUT2D eigenvalue weighted by Gasteiger charge is 2.25. The van der Waals surface area contributed by atoms with Gasteiger partial charge in [-0.05, 0) is 25.7 Å². The van der Waals surface area contributed by atoms with Crippen LogP contribution in [0.2, 0.25) is 0 Å². The zero-order valence-corrected chi connectivity index (χ0v) is 18.2. The summed E-state index contributed by atoms with van der Waals surface area (Å²) in [6, 6.07) is -0.392. The molecule has 0 unspecified atom stereocenters. The number of carbonyl (C=O) groups is 3. The molecule has 0 aliphatic carbocycles. The molecular formula is C19H37N2O4P. The summed E-state index contributed by atoms with van der Waals surface area (Å²) in [5.41, 5.74) is 0. The second kappa shape index (κ2) is 12.3. The van der Waals surface area contributed by atoms with Gasteiger partial charge in [-0.15, -0.1) is 0 Å². The van der Waals surface area contributed by atoms with E-state index >= 15 is 0 Å². The van der Waals surface area contributed by atoms with E-state index in [1.54, 1.807) is 0 Å². The minimum atomic E-state index is -2.82. The van der Waals surface area contributed by atoms with Crippen molar-refractivity contribution in [1.29, 1.82) is 0 Å². The summed E-state index contributed by atoms with van der Waals surface area (Å²) in [4.78, 5) is 35.7.